The van der Waals surface area contributed by atoms with E-state index in [4.69, 9.17) is 16.0 Å². The minimum atomic E-state index is -0.866. The van der Waals surface area contributed by atoms with Gasteiger partial charge in [-0.3, -0.25) is 14.5 Å². The van der Waals surface area contributed by atoms with Crippen LogP contribution in [0.4, 0.5) is 10.1 Å². The van der Waals surface area contributed by atoms with Crippen molar-refractivity contribution in [2.45, 2.75) is 6.04 Å². The summed E-state index contributed by atoms with van der Waals surface area (Å²) < 4.78 is 18.4. The highest BCUT2D eigenvalue weighted by Gasteiger charge is 2.20. The number of nitrogens with one attached hydrogen (secondary N) is 2. The van der Waals surface area contributed by atoms with E-state index in [2.05, 4.69) is 10.6 Å². The monoisotopic (exact) mass is 353 g/mol. The van der Waals surface area contributed by atoms with Gasteiger partial charge in [-0.05, 0) is 44.4 Å². The van der Waals surface area contributed by atoms with Crippen molar-refractivity contribution in [1.29, 1.82) is 0 Å². The minimum absolute atomic E-state index is 0.140. The Morgan fingerprint density at radius 3 is 2.62 bits per heavy atom. The number of halogens is 2. The van der Waals surface area contributed by atoms with Crippen LogP contribution in [0.25, 0.3) is 0 Å². The van der Waals surface area contributed by atoms with Gasteiger partial charge in [0, 0.05) is 12.2 Å². The number of anilines is 1. The Kier molecular flexibility index (Phi) is 5.94. The highest BCUT2D eigenvalue weighted by Crippen LogP contribution is 2.19. The van der Waals surface area contributed by atoms with Crippen molar-refractivity contribution in [1.82, 2.24) is 10.2 Å². The van der Waals surface area contributed by atoms with Gasteiger partial charge < -0.3 is 15.1 Å². The summed E-state index contributed by atoms with van der Waals surface area (Å²) in [5, 5.41) is 4.76. The molecule has 2 N–H and O–H groups in total. The first-order valence-corrected chi connectivity index (χ1v) is 7.50. The molecular weight excluding hydrogens is 337 g/mol. The van der Waals surface area contributed by atoms with E-state index in [1.807, 2.05) is 19.0 Å². The van der Waals surface area contributed by atoms with Crippen LogP contribution in [0.2, 0.25) is 5.02 Å². The van der Waals surface area contributed by atoms with Crippen molar-refractivity contribution in [2.24, 2.45) is 0 Å². The van der Waals surface area contributed by atoms with Crippen LogP contribution in [-0.4, -0.2) is 37.4 Å². The summed E-state index contributed by atoms with van der Waals surface area (Å²) in [7, 11) is 3.67. The summed E-state index contributed by atoms with van der Waals surface area (Å²) in [4.78, 5) is 25.7. The van der Waals surface area contributed by atoms with E-state index in [0.717, 1.165) is 6.07 Å². The van der Waals surface area contributed by atoms with Gasteiger partial charge in [-0.1, -0.05) is 11.6 Å². The van der Waals surface area contributed by atoms with Gasteiger partial charge in [0.15, 0.2) is 0 Å². The Morgan fingerprint density at radius 2 is 2.04 bits per heavy atom. The van der Waals surface area contributed by atoms with Crippen LogP contribution in [-0.2, 0) is 9.59 Å². The van der Waals surface area contributed by atoms with E-state index < -0.39 is 17.6 Å². The first-order valence-electron chi connectivity index (χ1n) is 7.12. The Labute approximate surface area is 143 Å². The molecule has 128 valence electrons. The molecule has 0 radical (unpaired) electrons. The molecule has 0 aliphatic carbocycles. The number of nitrogens with zero attached hydrogens (tertiary/aromatic N) is 1. The first kappa shape index (κ1) is 18.0. The van der Waals surface area contributed by atoms with E-state index in [1.165, 1.54) is 12.1 Å². The molecule has 2 rings (SSSR count). The average Bonchev–Trinajstić information content (AvgIpc) is 3.04. The van der Waals surface area contributed by atoms with E-state index in [0.29, 0.717) is 5.76 Å². The van der Waals surface area contributed by atoms with Gasteiger partial charge in [-0.2, -0.15) is 0 Å². The molecule has 8 heteroatoms. The molecule has 1 aromatic heterocycles. The van der Waals surface area contributed by atoms with E-state index >= 15 is 0 Å². The summed E-state index contributed by atoms with van der Waals surface area (Å²) in [6.07, 6.45) is 1.54. The van der Waals surface area contributed by atoms with Crippen LogP contribution in [0.5, 0.6) is 0 Å². The van der Waals surface area contributed by atoms with Gasteiger partial charge in [0.2, 0.25) is 0 Å². The molecule has 24 heavy (non-hydrogen) atoms. The zero-order valence-electron chi connectivity index (χ0n) is 13.2. The topological polar surface area (TPSA) is 74.6 Å². The van der Waals surface area contributed by atoms with Gasteiger partial charge in [0.05, 0.1) is 17.3 Å². The number of hydrogen-bond donors (Lipinski definition) is 2. The highest BCUT2D eigenvalue weighted by molar-refractivity contribution is 6.39. The van der Waals surface area contributed by atoms with Gasteiger partial charge in [0.1, 0.15) is 11.6 Å². The van der Waals surface area contributed by atoms with Gasteiger partial charge in [-0.25, -0.2) is 4.39 Å². The molecule has 1 aromatic carbocycles. The number of hydrogen-bond acceptors (Lipinski definition) is 4. The third kappa shape index (κ3) is 4.56. The molecule has 0 bridgehead atoms. The molecule has 2 aromatic rings. The van der Waals surface area contributed by atoms with Gasteiger partial charge in [0.25, 0.3) is 0 Å². The highest BCUT2D eigenvalue weighted by atomic mass is 35.5. The zero-order chi connectivity index (χ0) is 17.7. The zero-order valence-corrected chi connectivity index (χ0v) is 13.9. The number of carbonyl (C=O) groups is 2. The van der Waals surface area contributed by atoms with Crippen molar-refractivity contribution in [3.63, 3.8) is 0 Å². The molecule has 0 saturated carbocycles. The maximum Gasteiger partial charge on any atom is 0.313 e. The normalized spacial score (nSPS) is 12.0. The molecule has 0 spiro atoms. The fraction of sp³-hybridized carbons (Fsp3) is 0.250. The lowest BCUT2D eigenvalue weighted by molar-refractivity contribution is -0.136. The van der Waals surface area contributed by atoms with Crippen molar-refractivity contribution < 1.29 is 18.4 Å². The predicted octanol–water partition coefficient (Wildman–Crippen LogP) is 2.43. The molecule has 6 nitrogen and oxygen atoms in total. The van der Waals surface area contributed by atoms with Gasteiger partial charge >= 0.3 is 11.8 Å². The van der Waals surface area contributed by atoms with Crippen LogP contribution >= 0.6 is 11.6 Å². The smallest absolute Gasteiger partial charge is 0.313 e. The Hall–Kier alpha value is -2.38. The number of rotatable bonds is 5. The largest absolute Gasteiger partial charge is 0.468 e. The average molecular weight is 354 g/mol. The summed E-state index contributed by atoms with van der Waals surface area (Å²) in [5.41, 5.74) is 0.233. The second kappa shape index (κ2) is 7.94. The summed E-state index contributed by atoms with van der Waals surface area (Å²) >= 11 is 5.63. The van der Waals surface area contributed by atoms with Crippen LogP contribution in [0, 0.1) is 5.82 Å². The molecule has 1 unspecified atom stereocenters. The fourth-order valence-electron chi connectivity index (χ4n) is 2.05. The predicted molar refractivity (Wildman–Crippen MR) is 88.2 cm³/mol. The first-order chi connectivity index (χ1) is 11.4. The Morgan fingerprint density at radius 1 is 1.29 bits per heavy atom. The minimum Gasteiger partial charge on any atom is -0.468 e. The summed E-state index contributed by atoms with van der Waals surface area (Å²) in [6.45, 7) is 0.191. The number of amides is 2. The molecule has 2 amide bonds. The number of benzene rings is 1. The summed E-state index contributed by atoms with van der Waals surface area (Å²) in [5.74, 6) is -1.61. The quantitative estimate of drug-likeness (QED) is 0.810. The van der Waals surface area contributed by atoms with Crippen molar-refractivity contribution in [3.05, 3.63) is 53.2 Å². The van der Waals surface area contributed by atoms with Crippen molar-refractivity contribution in [3.8, 4) is 0 Å². The molecular formula is C16H17ClFN3O3. The Balaban J connectivity index is 1.93. The number of likely N-dealkylation sites (N-methyl/N-ethyl adjacent to an activating group) is 1. The molecule has 0 saturated heterocycles. The molecule has 1 heterocycles. The van der Waals surface area contributed by atoms with E-state index in [-0.39, 0.29) is 23.3 Å². The lowest BCUT2D eigenvalue weighted by Crippen LogP contribution is -2.40. The molecule has 0 aliphatic heterocycles. The Bertz CT molecular complexity index is 719. The van der Waals surface area contributed by atoms with E-state index in [1.54, 1.807) is 18.4 Å². The van der Waals surface area contributed by atoms with Crippen LogP contribution in [0.3, 0.4) is 0 Å². The lowest BCUT2D eigenvalue weighted by Gasteiger charge is -2.22. The van der Waals surface area contributed by atoms with Crippen molar-refractivity contribution in [2.75, 3.05) is 26.0 Å². The maximum absolute atomic E-state index is 13.1. The molecule has 1 atom stereocenters. The fourth-order valence-corrected chi connectivity index (χ4v) is 2.23. The third-order valence-electron chi connectivity index (χ3n) is 3.33. The van der Waals surface area contributed by atoms with Crippen LogP contribution in [0.1, 0.15) is 11.8 Å². The van der Waals surface area contributed by atoms with E-state index in [9.17, 15) is 14.0 Å². The SMILES string of the molecule is CN(C)C(CNC(=O)C(=O)Nc1ccc(F)c(Cl)c1)c1ccco1. The second-order valence-electron chi connectivity index (χ2n) is 5.29. The second-order valence-corrected chi connectivity index (χ2v) is 5.70. The standard InChI is InChI=1S/C16H17ClFN3O3/c1-21(2)13(14-4-3-7-24-14)9-19-15(22)16(23)20-10-5-6-12(18)11(17)8-10/h3-8,13H,9H2,1-2H3,(H,19,22)(H,20,23). The maximum atomic E-state index is 13.1. The molecule has 0 aliphatic rings. The lowest BCUT2D eigenvalue weighted by atomic mass is 10.2. The molecule has 0 fully saturated rings. The number of carbonyl (C=O) groups excluding carboxylic acids is 2. The summed E-state index contributed by atoms with van der Waals surface area (Å²) in [6, 6.07) is 6.98. The van der Waals surface area contributed by atoms with Gasteiger partial charge in [-0.15, -0.1) is 0 Å². The van der Waals surface area contributed by atoms with Crippen molar-refractivity contribution >= 4 is 29.1 Å². The van der Waals surface area contributed by atoms with Crippen LogP contribution < -0.4 is 10.6 Å². The third-order valence-corrected chi connectivity index (χ3v) is 3.62. The van der Waals surface area contributed by atoms with Crippen LogP contribution in [0.15, 0.2) is 41.0 Å². The number of furan rings is 1.